The van der Waals surface area contributed by atoms with E-state index in [4.69, 9.17) is 11.6 Å². The van der Waals surface area contributed by atoms with Crippen molar-refractivity contribution in [1.82, 2.24) is 20.1 Å². The number of unbranched alkanes of at least 4 members (excludes halogenated alkanes) is 1. The number of pyridine rings is 1. The number of nitrogens with two attached hydrogens (primary N) is 2. The van der Waals surface area contributed by atoms with Gasteiger partial charge in [-0.15, -0.1) is 5.10 Å². The van der Waals surface area contributed by atoms with Crippen LogP contribution in [0.1, 0.15) is 52.8 Å². The highest BCUT2D eigenvalue weighted by atomic mass is 16.1. The molecule has 0 saturated heterocycles. The molecule has 0 radical (unpaired) electrons. The molecule has 0 saturated carbocycles. The largest absolute Gasteiger partial charge is 0.388 e. The van der Waals surface area contributed by atoms with E-state index >= 15 is 0 Å². The molecule has 5 aromatic rings. The van der Waals surface area contributed by atoms with Crippen molar-refractivity contribution in [3.63, 3.8) is 0 Å². The summed E-state index contributed by atoms with van der Waals surface area (Å²) in [7, 11) is 1.91. The number of aldehydes is 1. The summed E-state index contributed by atoms with van der Waals surface area (Å²) in [4.78, 5) is 20.0. The van der Waals surface area contributed by atoms with Gasteiger partial charge in [-0.1, -0.05) is 74.0 Å². The van der Waals surface area contributed by atoms with E-state index in [9.17, 15) is 4.79 Å². The lowest BCUT2D eigenvalue weighted by Crippen LogP contribution is -2.23. The molecule has 226 valence electrons. The highest BCUT2D eigenvalue weighted by molar-refractivity contribution is 6.04. The number of rotatable bonds is 11. The summed E-state index contributed by atoms with van der Waals surface area (Å²) < 4.78 is 2.00. The lowest BCUT2D eigenvalue weighted by molar-refractivity contribution is 0.111. The SMILES string of the molecule is CCCCc1ncc(C=O)n1Cc1ccc(-c2cc(-c3ccccc3)ccc2/C(N)=N/NN)cc1.CNc1ccncc1C. The van der Waals surface area contributed by atoms with Gasteiger partial charge in [-0.05, 0) is 64.9 Å². The van der Waals surface area contributed by atoms with Crippen LogP contribution in [-0.4, -0.2) is 33.7 Å². The number of nitrogens with one attached hydrogen (secondary N) is 2. The highest BCUT2D eigenvalue weighted by Crippen LogP contribution is 2.30. The van der Waals surface area contributed by atoms with Crippen molar-refractivity contribution in [2.45, 2.75) is 39.7 Å². The number of hydrogen-bond acceptors (Lipinski definition) is 7. The quantitative estimate of drug-likeness (QED) is 0.0493. The predicted octanol–water partition coefficient (Wildman–Crippen LogP) is 5.94. The molecule has 0 spiro atoms. The molecule has 0 aliphatic rings. The molecule has 0 bridgehead atoms. The van der Waals surface area contributed by atoms with Crippen LogP contribution < -0.4 is 22.4 Å². The molecule has 3 aromatic carbocycles. The van der Waals surface area contributed by atoms with E-state index < -0.39 is 0 Å². The molecule has 44 heavy (non-hydrogen) atoms. The van der Waals surface area contributed by atoms with E-state index in [1.54, 1.807) is 12.4 Å². The number of hydrazine groups is 1. The number of carbonyl (C=O) groups excluding carboxylic acids is 1. The van der Waals surface area contributed by atoms with Gasteiger partial charge >= 0.3 is 0 Å². The van der Waals surface area contributed by atoms with Gasteiger partial charge in [-0.25, -0.2) is 16.4 Å². The van der Waals surface area contributed by atoms with Crippen LogP contribution in [0.3, 0.4) is 0 Å². The smallest absolute Gasteiger partial charge is 0.168 e. The fourth-order valence-electron chi connectivity index (χ4n) is 4.91. The number of imidazole rings is 1. The van der Waals surface area contributed by atoms with Crippen LogP contribution in [0.5, 0.6) is 0 Å². The normalized spacial score (nSPS) is 11.0. The monoisotopic (exact) mass is 588 g/mol. The number of hydrogen-bond donors (Lipinski definition) is 4. The van der Waals surface area contributed by atoms with E-state index in [1.165, 1.54) is 5.56 Å². The van der Waals surface area contributed by atoms with E-state index in [1.807, 2.05) is 61.1 Å². The number of anilines is 1. The van der Waals surface area contributed by atoms with Gasteiger partial charge in [0, 0.05) is 43.7 Å². The van der Waals surface area contributed by atoms with Gasteiger partial charge in [0.05, 0.1) is 6.20 Å². The zero-order valence-electron chi connectivity index (χ0n) is 25.5. The molecule has 0 atom stereocenters. The van der Waals surface area contributed by atoms with Crippen molar-refractivity contribution < 1.29 is 4.79 Å². The maximum Gasteiger partial charge on any atom is 0.168 e. The highest BCUT2D eigenvalue weighted by Gasteiger charge is 2.13. The fourth-order valence-corrected chi connectivity index (χ4v) is 4.91. The average molecular weight is 589 g/mol. The van der Waals surface area contributed by atoms with Gasteiger partial charge in [0.15, 0.2) is 12.1 Å². The molecule has 6 N–H and O–H groups in total. The van der Waals surface area contributed by atoms with Gasteiger partial charge in [-0.2, -0.15) is 0 Å². The molecule has 9 nitrogen and oxygen atoms in total. The van der Waals surface area contributed by atoms with Crippen molar-refractivity contribution >= 4 is 17.8 Å². The molecule has 0 aliphatic carbocycles. The van der Waals surface area contributed by atoms with Crippen LogP contribution in [0.2, 0.25) is 0 Å². The molecule has 0 fully saturated rings. The minimum absolute atomic E-state index is 0.306. The van der Waals surface area contributed by atoms with E-state index in [0.29, 0.717) is 18.1 Å². The zero-order chi connectivity index (χ0) is 31.3. The second kappa shape index (κ2) is 15.8. The Morgan fingerprint density at radius 3 is 2.36 bits per heavy atom. The molecular formula is C35H40N8O. The first kappa shape index (κ1) is 31.7. The number of aryl methyl sites for hydroxylation is 2. The van der Waals surface area contributed by atoms with E-state index in [2.05, 4.69) is 75.3 Å². The second-order valence-corrected chi connectivity index (χ2v) is 10.3. The molecule has 2 heterocycles. The van der Waals surface area contributed by atoms with Crippen molar-refractivity contribution in [3.8, 4) is 22.3 Å². The molecule has 5 rings (SSSR count). The van der Waals surface area contributed by atoms with Crippen molar-refractivity contribution in [2.24, 2.45) is 16.7 Å². The first-order valence-electron chi connectivity index (χ1n) is 14.6. The third-order valence-electron chi connectivity index (χ3n) is 7.33. The van der Waals surface area contributed by atoms with Gasteiger partial charge in [0.2, 0.25) is 0 Å². The van der Waals surface area contributed by atoms with Crippen LogP contribution in [0.15, 0.2) is 103 Å². The number of benzene rings is 3. The lowest BCUT2D eigenvalue weighted by atomic mass is 9.93. The third-order valence-corrected chi connectivity index (χ3v) is 7.33. The third kappa shape index (κ3) is 7.96. The summed E-state index contributed by atoms with van der Waals surface area (Å²) in [6.45, 7) is 4.76. The number of aromatic nitrogens is 3. The number of hydrazone groups is 1. The Morgan fingerprint density at radius 2 is 1.73 bits per heavy atom. The van der Waals surface area contributed by atoms with Crippen molar-refractivity contribution in [2.75, 3.05) is 12.4 Å². The molecule has 0 amide bonds. The Balaban J connectivity index is 0.000000421. The van der Waals surface area contributed by atoms with Crippen molar-refractivity contribution in [1.29, 1.82) is 0 Å². The van der Waals surface area contributed by atoms with E-state index in [0.717, 1.165) is 70.4 Å². The second-order valence-electron chi connectivity index (χ2n) is 10.3. The first-order valence-corrected chi connectivity index (χ1v) is 14.6. The number of nitrogens with zero attached hydrogens (tertiary/aromatic N) is 4. The number of carbonyl (C=O) groups is 1. The van der Waals surface area contributed by atoms with E-state index in [-0.39, 0.29) is 0 Å². The Kier molecular flexibility index (Phi) is 11.4. The van der Waals surface area contributed by atoms with Crippen LogP contribution >= 0.6 is 0 Å². The van der Waals surface area contributed by atoms with Gasteiger partial charge in [0.1, 0.15) is 11.5 Å². The number of amidine groups is 1. The maximum absolute atomic E-state index is 11.5. The minimum atomic E-state index is 0.306. The lowest BCUT2D eigenvalue weighted by Gasteiger charge is -2.14. The Hall–Kier alpha value is -5.28. The summed E-state index contributed by atoms with van der Waals surface area (Å²) in [6, 6.07) is 26.5. The van der Waals surface area contributed by atoms with Crippen LogP contribution in [0, 0.1) is 6.92 Å². The average Bonchev–Trinajstić information content (AvgIpc) is 3.45. The summed E-state index contributed by atoms with van der Waals surface area (Å²) in [5.74, 6) is 6.62. The predicted molar refractivity (Wildman–Crippen MR) is 179 cm³/mol. The van der Waals surface area contributed by atoms with Gasteiger partial charge in [-0.3, -0.25) is 9.78 Å². The Bertz CT molecular complexity index is 1680. The van der Waals surface area contributed by atoms with Gasteiger partial charge < -0.3 is 15.6 Å². The Labute approximate surface area is 259 Å². The zero-order valence-corrected chi connectivity index (χ0v) is 25.5. The van der Waals surface area contributed by atoms with Crippen LogP contribution in [0.4, 0.5) is 5.69 Å². The summed E-state index contributed by atoms with van der Waals surface area (Å²) >= 11 is 0. The van der Waals surface area contributed by atoms with Gasteiger partial charge in [0.25, 0.3) is 0 Å². The molecule has 0 aliphatic heterocycles. The topological polar surface area (TPSA) is 136 Å². The summed E-state index contributed by atoms with van der Waals surface area (Å²) in [6.07, 6.45) is 9.10. The summed E-state index contributed by atoms with van der Waals surface area (Å²) in [5, 5.41) is 7.04. The minimum Gasteiger partial charge on any atom is -0.388 e. The molecule has 2 aromatic heterocycles. The molecular weight excluding hydrogens is 548 g/mol. The molecule has 9 heteroatoms. The standard InChI is InChI=1S/C28H30N6O.C7H10N2/c1-2-3-9-27-31-17-24(19-35)34(27)18-20-10-12-22(13-11-20)26-16-23(21-7-5-4-6-8-21)14-15-25(26)28(29)32-33-30;1-6-5-9-4-3-7(6)8-2/h4-8,10-17,19,33H,2-3,9,18,30H2,1H3,(H2,29,32);3-5H,1-2H3,(H,8,9). The first-order chi connectivity index (χ1) is 21.5. The van der Waals surface area contributed by atoms with Crippen LogP contribution in [0.25, 0.3) is 22.3 Å². The fraction of sp³-hybridized carbons (Fsp3) is 0.200. The maximum atomic E-state index is 11.5. The Morgan fingerprint density at radius 1 is 0.977 bits per heavy atom. The summed E-state index contributed by atoms with van der Waals surface area (Å²) in [5.41, 5.74) is 17.4. The van der Waals surface area contributed by atoms with Crippen LogP contribution in [-0.2, 0) is 13.0 Å². The molecule has 0 unspecified atom stereocenters. The van der Waals surface area contributed by atoms with Crippen molar-refractivity contribution in [3.05, 3.63) is 126 Å².